The van der Waals surface area contributed by atoms with E-state index in [1.807, 2.05) is 18.6 Å². The van der Waals surface area contributed by atoms with Gasteiger partial charge in [-0.25, -0.2) is 18.4 Å². The molecule has 3 fully saturated rings. The summed E-state index contributed by atoms with van der Waals surface area (Å²) in [6, 6.07) is 2.03. The van der Waals surface area contributed by atoms with Gasteiger partial charge in [0.2, 0.25) is 0 Å². The highest BCUT2D eigenvalue weighted by Gasteiger charge is 2.69. The molecular weight excluding hydrogens is 312 g/mol. The third kappa shape index (κ3) is 1.66. The van der Waals surface area contributed by atoms with Gasteiger partial charge in [0.15, 0.2) is 9.84 Å². The zero-order chi connectivity index (χ0) is 15.9. The van der Waals surface area contributed by atoms with E-state index in [4.69, 9.17) is 0 Å². The number of aromatic amines is 1. The van der Waals surface area contributed by atoms with Crippen LogP contribution in [0.1, 0.15) is 26.2 Å². The normalized spacial score (nSPS) is 29.6. The van der Waals surface area contributed by atoms with Gasteiger partial charge in [0, 0.05) is 22.9 Å². The molecule has 6 nitrogen and oxygen atoms in total. The van der Waals surface area contributed by atoms with Crippen molar-refractivity contribution in [3.05, 3.63) is 24.8 Å². The number of aromatic nitrogens is 4. The zero-order valence-corrected chi connectivity index (χ0v) is 13.7. The van der Waals surface area contributed by atoms with E-state index in [9.17, 15) is 8.42 Å². The second-order valence-corrected chi connectivity index (χ2v) is 9.63. The van der Waals surface area contributed by atoms with E-state index < -0.39 is 9.84 Å². The van der Waals surface area contributed by atoms with Crippen LogP contribution in [0.15, 0.2) is 24.8 Å². The number of nitrogens with one attached hydrogen (secondary N) is 1. The Morgan fingerprint density at radius 1 is 1.30 bits per heavy atom. The average Bonchev–Trinajstić information content (AvgIpc) is 3.06. The molecule has 120 valence electrons. The Morgan fingerprint density at radius 3 is 2.83 bits per heavy atom. The van der Waals surface area contributed by atoms with E-state index in [0.717, 1.165) is 41.3 Å². The van der Waals surface area contributed by atoms with E-state index in [1.165, 1.54) is 0 Å². The van der Waals surface area contributed by atoms with Crippen LogP contribution in [0.2, 0.25) is 0 Å². The Bertz CT molecular complexity index is 1030. The minimum atomic E-state index is -2.90. The van der Waals surface area contributed by atoms with Crippen molar-refractivity contribution in [3.63, 3.8) is 0 Å². The van der Waals surface area contributed by atoms with Crippen molar-refractivity contribution in [2.45, 2.75) is 31.7 Å². The molecule has 0 aromatic carbocycles. The molecule has 0 amide bonds. The lowest BCUT2D eigenvalue weighted by Gasteiger charge is -2.71. The number of imidazole rings is 1. The fourth-order valence-electron chi connectivity index (χ4n) is 4.78. The third-order valence-corrected chi connectivity index (χ3v) is 7.61. The first-order valence-electron chi connectivity index (χ1n) is 7.96. The first-order chi connectivity index (χ1) is 11.0. The van der Waals surface area contributed by atoms with Crippen LogP contribution in [-0.4, -0.2) is 39.4 Å². The van der Waals surface area contributed by atoms with E-state index in [0.29, 0.717) is 5.75 Å². The number of pyridine rings is 1. The van der Waals surface area contributed by atoms with Crippen molar-refractivity contribution < 1.29 is 8.42 Å². The molecule has 2 bridgehead atoms. The van der Waals surface area contributed by atoms with Crippen molar-refractivity contribution in [3.8, 4) is 0 Å². The number of H-pyrrole nitrogens is 1. The van der Waals surface area contributed by atoms with Gasteiger partial charge in [0.05, 0.1) is 23.8 Å². The fraction of sp³-hybridized carbons (Fsp3) is 0.500. The maximum Gasteiger partial charge on any atom is 0.150 e. The molecule has 1 N–H and O–H groups in total. The number of hydrogen-bond donors (Lipinski definition) is 1. The van der Waals surface area contributed by atoms with Crippen molar-refractivity contribution >= 4 is 31.9 Å². The van der Waals surface area contributed by atoms with Gasteiger partial charge in [-0.1, -0.05) is 6.92 Å². The van der Waals surface area contributed by atoms with Crippen LogP contribution in [0.25, 0.3) is 22.1 Å². The molecule has 0 saturated heterocycles. The summed E-state index contributed by atoms with van der Waals surface area (Å²) in [4.78, 5) is 12.0. The molecule has 3 heterocycles. The third-order valence-electron chi connectivity index (χ3n) is 5.68. The molecule has 0 unspecified atom stereocenters. The van der Waals surface area contributed by atoms with Gasteiger partial charge < -0.3 is 9.55 Å². The van der Waals surface area contributed by atoms with Crippen LogP contribution in [-0.2, 0) is 15.4 Å². The molecule has 0 aliphatic heterocycles. The molecule has 3 aromatic rings. The molecule has 3 aliphatic rings. The predicted octanol–water partition coefficient (Wildman–Crippen LogP) is 2.23. The highest BCUT2D eigenvalue weighted by Crippen LogP contribution is 2.72. The lowest BCUT2D eigenvalue weighted by molar-refractivity contribution is -0.168. The van der Waals surface area contributed by atoms with E-state index in [1.54, 1.807) is 13.1 Å². The average molecular weight is 330 g/mol. The van der Waals surface area contributed by atoms with Gasteiger partial charge in [-0.15, -0.1) is 0 Å². The Morgan fingerprint density at radius 2 is 2.09 bits per heavy atom. The Balaban J connectivity index is 1.54. The molecule has 0 radical (unpaired) electrons. The minimum Gasteiger partial charge on any atom is -0.346 e. The predicted molar refractivity (Wildman–Crippen MR) is 88.0 cm³/mol. The summed E-state index contributed by atoms with van der Waals surface area (Å²) in [7, 11) is -2.90. The maximum absolute atomic E-state index is 11.9. The van der Waals surface area contributed by atoms with Crippen LogP contribution in [0.5, 0.6) is 0 Å². The van der Waals surface area contributed by atoms with Crippen molar-refractivity contribution in [1.82, 2.24) is 19.5 Å². The lowest BCUT2D eigenvalue weighted by Crippen LogP contribution is -2.69. The second kappa shape index (κ2) is 3.95. The molecule has 23 heavy (non-hydrogen) atoms. The summed E-state index contributed by atoms with van der Waals surface area (Å²) >= 11 is 0. The first kappa shape index (κ1) is 13.5. The second-order valence-electron chi connectivity index (χ2n) is 7.28. The summed E-state index contributed by atoms with van der Waals surface area (Å²) in [5.41, 5.74) is 2.95. The van der Waals surface area contributed by atoms with Gasteiger partial charge in [0.1, 0.15) is 11.2 Å². The van der Waals surface area contributed by atoms with Gasteiger partial charge in [-0.05, 0) is 30.7 Å². The molecule has 6 rings (SSSR count). The Kier molecular flexibility index (Phi) is 2.33. The number of rotatable bonds is 4. The summed E-state index contributed by atoms with van der Waals surface area (Å²) < 4.78 is 26.2. The van der Waals surface area contributed by atoms with Crippen molar-refractivity contribution in [1.29, 1.82) is 0 Å². The molecule has 3 aromatic heterocycles. The molecule has 3 saturated carbocycles. The molecule has 3 aliphatic carbocycles. The summed E-state index contributed by atoms with van der Waals surface area (Å²) in [6.07, 6.45) is 8.42. The first-order valence-corrected chi connectivity index (χ1v) is 9.78. The van der Waals surface area contributed by atoms with Crippen LogP contribution in [0.4, 0.5) is 0 Å². The Labute approximate surface area is 133 Å². The standard InChI is InChI=1S/C16H18N4O2S/c1-2-23(21,22)9-15-6-16(7-15,8-15)20-10-19-12-5-18-14-11(13(12)20)3-4-17-14/h3-5,10H,2,6-9H2,1H3,(H,17,18). The van der Waals surface area contributed by atoms with Crippen LogP contribution < -0.4 is 0 Å². The lowest BCUT2D eigenvalue weighted by atomic mass is 9.40. The van der Waals surface area contributed by atoms with Gasteiger partial charge in [-0.2, -0.15) is 0 Å². The van der Waals surface area contributed by atoms with Gasteiger partial charge in [0.25, 0.3) is 0 Å². The highest BCUT2D eigenvalue weighted by molar-refractivity contribution is 7.91. The number of hydrogen-bond acceptors (Lipinski definition) is 4. The topological polar surface area (TPSA) is 80.6 Å². The van der Waals surface area contributed by atoms with E-state index in [-0.39, 0.29) is 16.7 Å². The fourth-order valence-corrected chi connectivity index (χ4v) is 6.23. The summed E-state index contributed by atoms with van der Waals surface area (Å²) in [5, 5.41) is 1.08. The van der Waals surface area contributed by atoms with Crippen molar-refractivity contribution in [2.75, 3.05) is 11.5 Å². The minimum absolute atomic E-state index is 0.00965. The molecule has 7 heteroatoms. The number of sulfone groups is 1. The highest BCUT2D eigenvalue weighted by atomic mass is 32.2. The molecule has 0 atom stereocenters. The van der Waals surface area contributed by atoms with Gasteiger partial charge in [-0.3, -0.25) is 0 Å². The molecular formula is C16H18N4O2S. The summed E-state index contributed by atoms with van der Waals surface area (Å²) in [6.45, 7) is 1.73. The SMILES string of the molecule is CCS(=O)(=O)CC12CC(n3cnc4cnc5[nH]ccc5c43)(C1)C2. The van der Waals surface area contributed by atoms with Gasteiger partial charge >= 0.3 is 0 Å². The van der Waals surface area contributed by atoms with Crippen LogP contribution in [0, 0.1) is 5.41 Å². The largest absolute Gasteiger partial charge is 0.346 e. The molecule has 0 spiro atoms. The van der Waals surface area contributed by atoms with Crippen molar-refractivity contribution in [2.24, 2.45) is 5.41 Å². The smallest absolute Gasteiger partial charge is 0.150 e. The number of fused-ring (bicyclic) bond motifs is 3. The summed E-state index contributed by atoms with van der Waals surface area (Å²) in [5.74, 6) is 0.581. The van der Waals surface area contributed by atoms with Crippen LogP contribution in [0.3, 0.4) is 0 Å². The van der Waals surface area contributed by atoms with Crippen LogP contribution >= 0.6 is 0 Å². The maximum atomic E-state index is 11.9. The van der Waals surface area contributed by atoms with E-state index >= 15 is 0 Å². The Hall–Kier alpha value is -1.89. The number of nitrogens with zero attached hydrogens (tertiary/aromatic N) is 3. The quantitative estimate of drug-likeness (QED) is 0.795. The zero-order valence-electron chi connectivity index (χ0n) is 12.9. The van der Waals surface area contributed by atoms with E-state index in [2.05, 4.69) is 19.5 Å². The monoisotopic (exact) mass is 330 g/mol.